The predicted molar refractivity (Wildman–Crippen MR) is 105 cm³/mol. The lowest BCUT2D eigenvalue weighted by molar-refractivity contribution is -0.148. The first-order chi connectivity index (χ1) is 13.2. The number of ether oxygens (including phenoxy) is 2. The molecule has 2 aromatic carbocycles. The molecule has 0 aliphatic carbocycles. The van der Waals surface area contributed by atoms with Gasteiger partial charge in [-0.3, -0.25) is 0 Å². The number of benzene rings is 2. The Kier molecular flexibility index (Phi) is 4.88. The van der Waals surface area contributed by atoms with Crippen molar-refractivity contribution in [1.82, 2.24) is 0 Å². The smallest absolute Gasteiger partial charge is 0.347 e. The second-order valence-electron chi connectivity index (χ2n) is 7.46. The fourth-order valence-electron chi connectivity index (χ4n) is 4.33. The third-order valence-corrected chi connectivity index (χ3v) is 5.88. The number of hydrogen-bond acceptors (Lipinski definition) is 3. The summed E-state index contributed by atoms with van der Waals surface area (Å²) in [6.45, 7) is 4.23. The summed E-state index contributed by atoms with van der Waals surface area (Å²) in [6, 6.07) is 20.5. The number of carbonyl (C=O) groups excluding carboxylic acids is 1. The van der Waals surface area contributed by atoms with Crippen LogP contribution in [0.15, 0.2) is 72.5 Å². The molecule has 0 bridgehead atoms. The van der Waals surface area contributed by atoms with E-state index in [0.29, 0.717) is 0 Å². The summed E-state index contributed by atoms with van der Waals surface area (Å²) in [5.74, 6) is 0.748. The SMILES string of the molecule is CCC(Cc1ccccc1)C1=CC2OC2(C(CC)c2ccccc2)C(=O)O1. The normalized spacial score (nSPS) is 25.8. The highest BCUT2D eigenvalue weighted by Gasteiger charge is 2.69. The molecule has 0 amide bonds. The molecule has 27 heavy (non-hydrogen) atoms. The zero-order chi connectivity index (χ0) is 18.9. The Morgan fingerprint density at radius 3 is 2.22 bits per heavy atom. The van der Waals surface area contributed by atoms with E-state index in [1.54, 1.807) is 0 Å². The van der Waals surface area contributed by atoms with Gasteiger partial charge < -0.3 is 9.47 Å². The Labute approximate surface area is 161 Å². The minimum Gasteiger partial charge on any atom is -0.429 e. The van der Waals surface area contributed by atoms with Crippen LogP contribution in [-0.4, -0.2) is 17.7 Å². The molecular formula is C24H26O3. The molecule has 0 N–H and O–H groups in total. The summed E-state index contributed by atoms with van der Waals surface area (Å²) in [6.07, 6.45) is 4.49. The van der Waals surface area contributed by atoms with Crippen LogP contribution in [0.1, 0.15) is 43.7 Å². The average molecular weight is 362 g/mol. The Balaban J connectivity index is 1.57. The molecule has 2 aliphatic rings. The lowest BCUT2D eigenvalue weighted by Gasteiger charge is -2.28. The van der Waals surface area contributed by atoms with E-state index in [4.69, 9.17) is 9.47 Å². The second-order valence-corrected chi connectivity index (χ2v) is 7.46. The highest BCUT2D eigenvalue weighted by molar-refractivity contribution is 5.88. The molecule has 4 rings (SSSR count). The minimum atomic E-state index is -0.843. The van der Waals surface area contributed by atoms with Gasteiger partial charge in [-0.15, -0.1) is 0 Å². The maximum atomic E-state index is 13.0. The van der Waals surface area contributed by atoms with E-state index in [2.05, 4.69) is 38.1 Å². The summed E-state index contributed by atoms with van der Waals surface area (Å²) < 4.78 is 11.9. The van der Waals surface area contributed by atoms with E-state index in [1.807, 2.05) is 42.5 Å². The molecule has 1 fully saturated rings. The summed E-state index contributed by atoms with van der Waals surface area (Å²) in [7, 11) is 0. The van der Waals surface area contributed by atoms with Gasteiger partial charge in [-0.25, -0.2) is 4.79 Å². The van der Waals surface area contributed by atoms with Crippen LogP contribution in [0.5, 0.6) is 0 Å². The van der Waals surface area contributed by atoms with E-state index in [1.165, 1.54) is 5.56 Å². The molecule has 4 atom stereocenters. The van der Waals surface area contributed by atoms with Gasteiger partial charge in [-0.2, -0.15) is 0 Å². The van der Waals surface area contributed by atoms with Crippen molar-refractivity contribution in [3.8, 4) is 0 Å². The first-order valence-corrected chi connectivity index (χ1v) is 9.89. The first-order valence-electron chi connectivity index (χ1n) is 9.89. The van der Waals surface area contributed by atoms with Gasteiger partial charge in [0.05, 0.1) is 0 Å². The number of esters is 1. The number of carbonyl (C=O) groups is 1. The van der Waals surface area contributed by atoms with Crippen LogP contribution in [0.3, 0.4) is 0 Å². The number of hydrogen-bond donors (Lipinski definition) is 0. The maximum absolute atomic E-state index is 13.0. The molecule has 4 unspecified atom stereocenters. The van der Waals surface area contributed by atoms with E-state index < -0.39 is 5.60 Å². The van der Waals surface area contributed by atoms with Crippen LogP contribution in [0.4, 0.5) is 0 Å². The molecule has 0 aromatic heterocycles. The molecule has 3 nitrogen and oxygen atoms in total. The van der Waals surface area contributed by atoms with Crippen molar-refractivity contribution in [3.63, 3.8) is 0 Å². The van der Waals surface area contributed by atoms with Crippen LogP contribution in [0, 0.1) is 5.92 Å². The van der Waals surface area contributed by atoms with Crippen LogP contribution in [-0.2, 0) is 20.7 Å². The van der Waals surface area contributed by atoms with Crippen LogP contribution >= 0.6 is 0 Å². The van der Waals surface area contributed by atoms with E-state index in [9.17, 15) is 4.79 Å². The van der Waals surface area contributed by atoms with Gasteiger partial charge in [0.1, 0.15) is 11.9 Å². The summed E-state index contributed by atoms with van der Waals surface area (Å²) in [5, 5.41) is 0. The van der Waals surface area contributed by atoms with Gasteiger partial charge in [0, 0.05) is 11.8 Å². The van der Waals surface area contributed by atoms with Crippen molar-refractivity contribution in [2.75, 3.05) is 0 Å². The summed E-state index contributed by atoms with van der Waals surface area (Å²) in [4.78, 5) is 13.0. The van der Waals surface area contributed by atoms with Gasteiger partial charge in [-0.05, 0) is 36.5 Å². The molecule has 140 valence electrons. The van der Waals surface area contributed by atoms with E-state index >= 15 is 0 Å². The van der Waals surface area contributed by atoms with Gasteiger partial charge in [0.2, 0.25) is 5.60 Å². The number of fused-ring (bicyclic) bond motifs is 1. The maximum Gasteiger partial charge on any atom is 0.347 e. The lowest BCUT2D eigenvalue weighted by atomic mass is 9.80. The average Bonchev–Trinajstić information content (AvgIpc) is 3.44. The topological polar surface area (TPSA) is 38.8 Å². The third-order valence-electron chi connectivity index (χ3n) is 5.88. The van der Waals surface area contributed by atoms with Crippen LogP contribution in [0.2, 0.25) is 0 Å². The fraction of sp³-hybridized carbons (Fsp3) is 0.375. The monoisotopic (exact) mass is 362 g/mol. The number of epoxide rings is 1. The van der Waals surface area contributed by atoms with Gasteiger partial charge >= 0.3 is 5.97 Å². The van der Waals surface area contributed by atoms with Gasteiger partial charge in [-0.1, -0.05) is 74.5 Å². The van der Waals surface area contributed by atoms with E-state index in [0.717, 1.165) is 30.6 Å². The zero-order valence-electron chi connectivity index (χ0n) is 15.9. The largest absolute Gasteiger partial charge is 0.429 e. The van der Waals surface area contributed by atoms with Crippen molar-refractivity contribution >= 4 is 5.97 Å². The lowest BCUT2D eigenvalue weighted by Crippen LogP contribution is -2.39. The first kappa shape index (κ1) is 18.0. The summed E-state index contributed by atoms with van der Waals surface area (Å²) >= 11 is 0. The van der Waals surface area contributed by atoms with Crippen LogP contribution < -0.4 is 0 Å². The number of cyclic esters (lactones) is 1. The quantitative estimate of drug-likeness (QED) is 0.512. The van der Waals surface area contributed by atoms with Crippen molar-refractivity contribution in [2.45, 2.75) is 50.7 Å². The van der Waals surface area contributed by atoms with Crippen LogP contribution in [0.25, 0.3) is 0 Å². The Morgan fingerprint density at radius 1 is 0.963 bits per heavy atom. The predicted octanol–water partition coefficient (Wildman–Crippen LogP) is 5.03. The molecule has 0 saturated carbocycles. The third kappa shape index (κ3) is 3.21. The molecule has 0 radical (unpaired) electrons. The molecule has 2 aliphatic heterocycles. The molecular weight excluding hydrogens is 336 g/mol. The van der Waals surface area contributed by atoms with Crippen molar-refractivity contribution in [1.29, 1.82) is 0 Å². The van der Waals surface area contributed by atoms with Gasteiger partial charge in [0.15, 0.2) is 0 Å². The summed E-state index contributed by atoms with van der Waals surface area (Å²) in [5.41, 5.74) is 1.54. The van der Waals surface area contributed by atoms with Crippen molar-refractivity contribution < 1.29 is 14.3 Å². The fourth-order valence-corrected chi connectivity index (χ4v) is 4.33. The molecule has 3 heteroatoms. The zero-order valence-corrected chi connectivity index (χ0v) is 15.9. The van der Waals surface area contributed by atoms with Crippen molar-refractivity contribution in [3.05, 3.63) is 83.6 Å². The highest BCUT2D eigenvalue weighted by atomic mass is 16.7. The standard InChI is InChI=1S/C24H26O3/c1-3-18(15-17-11-7-5-8-12-17)21-16-22-24(27-22,23(25)26-21)20(4-2)19-13-9-6-10-14-19/h5-14,16,18,20,22H,3-4,15H2,1-2H3. The Morgan fingerprint density at radius 2 is 1.63 bits per heavy atom. The Bertz CT molecular complexity index is 827. The number of rotatable bonds is 7. The molecule has 0 spiro atoms. The molecule has 2 aromatic rings. The van der Waals surface area contributed by atoms with Crippen molar-refractivity contribution in [2.24, 2.45) is 5.92 Å². The Hall–Kier alpha value is -2.39. The minimum absolute atomic E-state index is 0.0169. The molecule has 2 heterocycles. The van der Waals surface area contributed by atoms with Gasteiger partial charge in [0.25, 0.3) is 0 Å². The number of allylic oxidation sites excluding steroid dienone is 1. The second kappa shape index (κ2) is 7.32. The van der Waals surface area contributed by atoms with E-state index in [-0.39, 0.29) is 23.9 Å². The molecule has 1 saturated heterocycles. The highest BCUT2D eigenvalue weighted by Crippen LogP contribution is 2.54.